The molecule has 1 aliphatic rings. The number of aromatic nitrogens is 1. The van der Waals surface area contributed by atoms with Crippen molar-refractivity contribution in [3.8, 4) is 5.88 Å². The second-order valence-corrected chi connectivity index (χ2v) is 5.15. The van der Waals surface area contributed by atoms with Crippen molar-refractivity contribution in [1.29, 1.82) is 0 Å². The van der Waals surface area contributed by atoms with Crippen LogP contribution in [0.2, 0.25) is 0 Å². The molecule has 0 bridgehead atoms. The summed E-state index contributed by atoms with van der Waals surface area (Å²) in [6, 6.07) is 4.05. The van der Waals surface area contributed by atoms with E-state index < -0.39 is 0 Å². The Morgan fingerprint density at radius 2 is 2.09 bits per heavy atom. The van der Waals surface area contributed by atoms with Crippen molar-refractivity contribution in [3.05, 3.63) is 36.0 Å². The van der Waals surface area contributed by atoms with Crippen LogP contribution in [0.15, 0.2) is 30.5 Å². The molecule has 1 aliphatic heterocycles. The Balaban J connectivity index is 0.00000242. The van der Waals surface area contributed by atoms with Gasteiger partial charge in [-0.05, 0) is 43.6 Å². The number of likely N-dealkylation sites (tertiary alicyclic amines) is 1. The fraction of sp³-hybridized carbons (Fsp3) is 0.500. The zero-order valence-corrected chi connectivity index (χ0v) is 13.6. The topological polar surface area (TPSA) is 54.5 Å². The third-order valence-corrected chi connectivity index (χ3v) is 3.47. The molecule has 0 aromatic carbocycles. The molecule has 22 heavy (non-hydrogen) atoms. The fourth-order valence-corrected chi connectivity index (χ4v) is 2.40. The van der Waals surface area contributed by atoms with Gasteiger partial charge in [0.2, 0.25) is 12.3 Å². The number of carbonyl (C=O) groups is 1. The average Bonchev–Trinajstić information content (AvgIpc) is 2.52. The van der Waals surface area contributed by atoms with Gasteiger partial charge in [0.1, 0.15) is 6.61 Å². The Bertz CT molecular complexity index is 462. The molecule has 122 valence electrons. The summed E-state index contributed by atoms with van der Waals surface area (Å²) < 4.78 is 5.58. The number of amides is 1. The molecular formula is C16H24ClN3O2. The van der Waals surface area contributed by atoms with E-state index in [9.17, 15) is 4.79 Å². The van der Waals surface area contributed by atoms with Crippen LogP contribution in [0.5, 0.6) is 5.88 Å². The molecule has 5 nitrogen and oxygen atoms in total. The summed E-state index contributed by atoms with van der Waals surface area (Å²) in [4.78, 5) is 16.8. The zero-order chi connectivity index (χ0) is 14.8. The van der Waals surface area contributed by atoms with Gasteiger partial charge in [-0.3, -0.25) is 9.69 Å². The highest BCUT2D eigenvalue weighted by Crippen LogP contribution is 2.15. The highest BCUT2D eigenvalue weighted by atomic mass is 35.5. The number of ether oxygens (including phenoxy) is 1. The maximum absolute atomic E-state index is 10.1. The Kier molecular flexibility index (Phi) is 9.26. The van der Waals surface area contributed by atoms with Crippen LogP contribution in [-0.4, -0.2) is 42.5 Å². The smallest absolute Gasteiger partial charge is 0.213 e. The minimum absolute atomic E-state index is 0. The van der Waals surface area contributed by atoms with Gasteiger partial charge in [0.15, 0.2) is 0 Å². The van der Waals surface area contributed by atoms with Crippen LogP contribution in [0.4, 0.5) is 0 Å². The maximum Gasteiger partial charge on any atom is 0.213 e. The summed E-state index contributed by atoms with van der Waals surface area (Å²) in [5.74, 6) is 0.650. The summed E-state index contributed by atoms with van der Waals surface area (Å²) in [5, 5.41) is 2.56. The van der Waals surface area contributed by atoms with E-state index in [-0.39, 0.29) is 12.4 Å². The number of hydrogen-bond acceptors (Lipinski definition) is 4. The standard InChI is InChI=1S/C16H23N3O2.ClH/c20-14-17-7-2-5-11-21-16-12-15(6-8-18-16)13-19-9-3-1-4-10-19;/h2,5-6,8,12,14H,1,3-4,7,9-11,13H2,(H,17,20);1H/b5-2-;. The van der Waals surface area contributed by atoms with Crippen molar-refractivity contribution >= 4 is 18.8 Å². The molecule has 2 rings (SSSR count). The van der Waals surface area contributed by atoms with Crippen molar-refractivity contribution in [2.75, 3.05) is 26.2 Å². The highest BCUT2D eigenvalue weighted by molar-refractivity contribution is 5.85. The lowest BCUT2D eigenvalue weighted by Crippen LogP contribution is -2.29. The Hall–Kier alpha value is -1.59. The average molecular weight is 326 g/mol. The van der Waals surface area contributed by atoms with Crippen molar-refractivity contribution in [3.63, 3.8) is 0 Å². The van der Waals surface area contributed by atoms with Gasteiger partial charge >= 0.3 is 0 Å². The third-order valence-electron chi connectivity index (χ3n) is 3.47. The van der Waals surface area contributed by atoms with Crippen LogP contribution in [0.1, 0.15) is 24.8 Å². The molecule has 0 spiro atoms. The van der Waals surface area contributed by atoms with Crippen molar-refractivity contribution in [1.82, 2.24) is 15.2 Å². The first-order chi connectivity index (χ1) is 10.4. The molecule has 6 heteroatoms. The van der Waals surface area contributed by atoms with Gasteiger partial charge in [0.25, 0.3) is 0 Å². The Labute approximate surface area is 138 Å². The van der Waals surface area contributed by atoms with Crippen molar-refractivity contribution < 1.29 is 9.53 Å². The molecule has 1 amide bonds. The molecule has 0 radical (unpaired) electrons. The maximum atomic E-state index is 10.1. The van der Waals surface area contributed by atoms with Gasteiger partial charge in [0.05, 0.1) is 0 Å². The third kappa shape index (κ3) is 6.91. The van der Waals surface area contributed by atoms with Gasteiger partial charge in [-0.25, -0.2) is 4.98 Å². The molecular weight excluding hydrogens is 302 g/mol. The number of nitrogens with one attached hydrogen (secondary N) is 1. The largest absolute Gasteiger partial charge is 0.473 e. The molecule has 0 saturated carbocycles. The first-order valence-corrected chi connectivity index (χ1v) is 7.50. The van der Waals surface area contributed by atoms with Crippen LogP contribution in [-0.2, 0) is 11.3 Å². The monoisotopic (exact) mass is 325 g/mol. The first-order valence-electron chi connectivity index (χ1n) is 7.50. The lowest BCUT2D eigenvalue weighted by molar-refractivity contribution is -0.109. The van der Waals surface area contributed by atoms with Gasteiger partial charge in [-0.15, -0.1) is 12.4 Å². The summed E-state index contributed by atoms with van der Waals surface area (Å²) in [7, 11) is 0. The summed E-state index contributed by atoms with van der Waals surface area (Å²) >= 11 is 0. The van der Waals surface area contributed by atoms with E-state index in [0.717, 1.165) is 6.54 Å². The number of rotatable bonds is 8. The van der Waals surface area contributed by atoms with E-state index in [1.165, 1.54) is 37.9 Å². The summed E-state index contributed by atoms with van der Waals surface area (Å²) in [6.07, 6.45) is 10.2. The lowest BCUT2D eigenvalue weighted by atomic mass is 10.1. The predicted molar refractivity (Wildman–Crippen MR) is 89.3 cm³/mol. The van der Waals surface area contributed by atoms with E-state index in [4.69, 9.17) is 4.74 Å². The quantitative estimate of drug-likeness (QED) is 0.452. The van der Waals surface area contributed by atoms with Crippen molar-refractivity contribution in [2.45, 2.75) is 25.8 Å². The van der Waals surface area contributed by atoms with Gasteiger partial charge < -0.3 is 10.1 Å². The normalized spacial score (nSPS) is 15.3. The molecule has 0 aliphatic carbocycles. The number of halogens is 1. The van der Waals surface area contributed by atoms with E-state index in [1.54, 1.807) is 6.20 Å². The molecule has 1 fully saturated rings. The van der Waals surface area contributed by atoms with E-state index >= 15 is 0 Å². The van der Waals surface area contributed by atoms with Crippen LogP contribution in [0.25, 0.3) is 0 Å². The molecule has 1 saturated heterocycles. The second-order valence-electron chi connectivity index (χ2n) is 5.15. The molecule has 1 aromatic heterocycles. The first kappa shape index (κ1) is 18.5. The Morgan fingerprint density at radius 3 is 2.86 bits per heavy atom. The van der Waals surface area contributed by atoms with Crippen LogP contribution >= 0.6 is 12.4 Å². The minimum Gasteiger partial charge on any atom is -0.473 e. The van der Waals surface area contributed by atoms with Gasteiger partial charge in [0, 0.05) is 25.4 Å². The van der Waals surface area contributed by atoms with Crippen LogP contribution in [0.3, 0.4) is 0 Å². The summed E-state index contributed by atoms with van der Waals surface area (Å²) in [5.41, 5.74) is 1.24. The van der Waals surface area contributed by atoms with Gasteiger partial charge in [-0.1, -0.05) is 12.5 Å². The van der Waals surface area contributed by atoms with E-state index in [1.807, 2.05) is 24.3 Å². The number of pyridine rings is 1. The predicted octanol–water partition coefficient (Wildman–Crippen LogP) is 2.17. The number of nitrogens with zero attached hydrogens (tertiary/aromatic N) is 2. The Morgan fingerprint density at radius 1 is 1.27 bits per heavy atom. The molecule has 2 heterocycles. The molecule has 0 unspecified atom stereocenters. The van der Waals surface area contributed by atoms with Crippen LogP contribution < -0.4 is 10.1 Å². The fourth-order valence-electron chi connectivity index (χ4n) is 2.40. The molecule has 1 N–H and O–H groups in total. The minimum atomic E-state index is 0. The lowest BCUT2D eigenvalue weighted by Gasteiger charge is -2.26. The van der Waals surface area contributed by atoms with E-state index in [0.29, 0.717) is 25.4 Å². The SMILES string of the molecule is Cl.O=CNC/C=C\COc1cc(CN2CCCCC2)ccn1. The zero-order valence-electron chi connectivity index (χ0n) is 12.7. The number of piperidine rings is 1. The molecule has 0 atom stereocenters. The number of carbonyl (C=O) groups excluding carboxylic acids is 1. The number of hydrogen-bond donors (Lipinski definition) is 1. The summed E-state index contributed by atoms with van der Waals surface area (Å²) in [6.45, 7) is 4.32. The second kappa shape index (κ2) is 11.0. The highest BCUT2D eigenvalue weighted by Gasteiger charge is 2.10. The van der Waals surface area contributed by atoms with Gasteiger partial charge in [-0.2, -0.15) is 0 Å². The molecule has 1 aromatic rings. The van der Waals surface area contributed by atoms with Crippen LogP contribution in [0, 0.1) is 0 Å². The van der Waals surface area contributed by atoms with E-state index in [2.05, 4.69) is 15.2 Å². The van der Waals surface area contributed by atoms with Crippen molar-refractivity contribution in [2.24, 2.45) is 0 Å².